The van der Waals surface area contributed by atoms with Crippen molar-refractivity contribution in [1.82, 2.24) is 14.3 Å². The van der Waals surface area contributed by atoms with Crippen LogP contribution in [0.15, 0.2) is 60.7 Å². The predicted molar refractivity (Wildman–Crippen MR) is 119 cm³/mol. The maximum atomic E-state index is 12.5. The molecule has 0 unspecified atom stereocenters. The third kappa shape index (κ3) is 5.64. The van der Waals surface area contributed by atoms with E-state index in [9.17, 15) is 4.79 Å². The third-order valence-electron chi connectivity index (χ3n) is 5.12. The topological polar surface area (TPSA) is 58.6 Å². The van der Waals surface area contributed by atoms with Gasteiger partial charge in [0.15, 0.2) is 0 Å². The van der Waals surface area contributed by atoms with Crippen molar-refractivity contribution in [2.75, 3.05) is 37.7 Å². The molecule has 0 aliphatic carbocycles. The summed E-state index contributed by atoms with van der Waals surface area (Å²) in [5, 5.41) is 0.940. The van der Waals surface area contributed by atoms with E-state index in [1.54, 1.807) is 0 Å². The van der Waals surface area contributed by atoms with E-state index in [0.717, 1.165) is 49.0 Å². The van der Waals surface area contributed by atoms with Crippen molar-refractivity contribution in [2.24, 2.45) is 0 Å². The van der Waals surface area contributed by atoms with Crippen LogP contribution < -0.4 is 4.90 Å². The fourth-order valence-electron chi connectivity index (χ4n) is 3.50. The number of hydrogen-bond acceptors (Lipinski definition) is 6. The highest BCUT2D eigenvalue weighted by atomic mass is 32.1. The zero-order valence-electron chi connectivity index (χ0n) is 16.9. The van der Waals surface area contributed by atoms with Gasteiger partial charge in [-0.3, -0.25) is 4.79 Å². The van der Waals surface area contributed by atoms with E-state index in [-0.39, 0.29) is 12.5 Å². The lowest BCUT2D eigenvalue weighted by Gasteiger charge is -2.21. The van der Waals surface area contributed by atoms with E-state index in [1.807, 2.05) is 53.4 Å². The SMILES string of the molecule is O=C(COCc1ccccc1)N1CCCN(c2nc(Cc3ccccc3)ns2)CC1. The molecule has 1 aromatic heterocycles. The van der Waals surface area contributed by atoms with Crippen molar-refractivity contribution in [2.45, 2.75) is 19.4 Å². The molecule has 6 nitrogen and oxygen atoms in total. The average molecular weight is 423 g/mol. The van der Waals surface area contributed by atoms with Gasteiger partial charge < -0.3 is 14.5 Å². The Morgan fingerprint density at radius 2 is 1.67 bits per heavy atom. The molecule has 2 aromatic carbocycles. The predicted octanol–water partition coefficient (Wildman–Crippen LogP) is 3.38. The standard InChI is InChI=1S/C23H26N4O2S/c28-22(18-29-17-20-10-5-2-6-11-20)26-12-7-13-27(15-14-26)23-24-21(25-30-23)16-19-8-3-1-4-9-19/h1-6,8-11H,7,12-18H2. The van der Waals surface area contributed by atoms with Gasteiger partial charge in [0.2, 0.25) is 11.0 Å². The highest BCUT2D eigenvalue weighted by Crippen LogP contribution is 2.20. The Hall–Kier alpha value is -2.77. The summed E-state index contributed by atoms with van der Waals surface area (Å²) in [5.41, 5.74) is 2.29. The van der Waals surface area contributed by atoms with Gasteiger partial charge in [0.25, 0.3) is 0 Å². The molecular weight excluding hydrogens is 396 g/mol. The van der Waals surface area contributed by atoms with E-state index >= 15 is 0 Å². The summed E-state index contributed by atoms with van der Waals surface area (Å²) < 4.78 is 10.2. The van der Waals surface area contributed by atoms with Crippen LogP contribution in [0, 0.1) is 0 Å². The summed E-state index contributed by atoms with van der Waals surface area (Å²) >= 11 is 1.44. The van der Waals surface area contributed by atoms with Gasteiger partial charge in [-0.1, -0.05) is 60.7 Å². The fraction of sp³-hybridized carbons (Fsp3) is 0.348. The van der Waals surface area contributed by atoms with Gasteiger partial charge in [0.05, 0.1) is 6.61 Å². The van der Waals surface area contributed by atoms with E-state index in [1.165, 1.54) is 17.1 Å². The highest BCUT2D eigenvalue weighted by molar-refractivity contribution is 7.09. The highest BCUT2D eigenvalue weighted by Gasteiger charge is 2.21. The zero-order valence-corrected chi connectivity index (χ0v) is 17.8. The first-order valence-electron chi connectivity index (χ1n) is 10.3. The van der Waals surface area contributed by atoms with Crippen LogP contribution in [0.4, 0.5) is 5.13 Å². The summed E-state index contributed by atoms with van der Waals surface area (Å²) in [7, 11) is 0. The first-order valence-corrected chi connectivity index (χ1v) is 11.1. The van der Waals surface area contributed by atoms with E-state index in [4.69, 9.17) is 9.72 Å². The lowest BCUT2D eigenvalue weighted by atomic mass is 10.1. The number of benzene rings is 2. The lowest BCUT2D eigenvalue weighted by molar-refractivity contribution is -0.136. The molecule has 1 fully saturated rings. The number of hydrogen-bond donors (Lipinski definition) is 0. The minimum Gasteiger partial charge on any atom is -0.367 e. The number of rotatable bonds is 7. The Morgan fingerprint density at radius 3 is 2.43 bits per heavy atom. The molecule has 1 aliphatic heterocycles. The molecule has 0 spiro atoms. The minimum atomic E-state index is 0.0508. The minimum absolute atomic E-state index is 0.0508. The molecule has 0 atom stereocenters. The van der Waals surface area contributed by atoms with Crippen molar-refractivity contribution in [1.29, 1.82) is 0 Å². The molecule has 156 valence electrons. The van der Waals surface area contributed by atoms with Crippen molar-refractivity contribution < 1.29 is 9.53 Å². The third-order valence-corrected chi connectivity index (χ3v) is 5.93. The van der Waals surface area contributed by atoms with Crippen molar-refractivity contribution in [3.05, 3.63) is 77.6 Å². The Kier molecular flexibility index (Phi) is 7.05. The molecule has 2 heterocycles. The first kappa shape index (κ1) is 20.5. The Bertz CT molecular complexity index is 933. The van der Waals surface area contributed by atoms with Crippen LogP contribution in [0.5, 0.6) is 0 Å². The van der Waals surface area contributed by atoms with Crippen LogP contribution in [0.2, 0.25) is 0 Å². The molecule has 1 aliphatic rings. The van der Waals surface area contributed by atoms with Crippen LogP contribution in [-0.2, 0) is 22.6 Å². The van der Waals surface area contributed by atoms with Crippen LogP contribution in [0.1, 0.15) is 23.4 Å². The van der Waals surface area contributed by atoms with Gasteiger partial charge in [-0.15, -0.1) is 0 Å². The molecule has 0 saturated carbocycles. The van der Waals surface area contributed by atoms with Gasteiger partial charge in [-0.25, -0.2) is 4.98 Å². The molecule has 3 aromatic rings. The summed E-state index contributed by atoms with van der Waals surface area (Å²) in [6, 6.07) is 20.2. The van der Waals surface area contributed by atoms with E-state index in [2.05, 4.69) is 21.4 Å². The monoisotopic (exact) mass is 422 g/mol. The number of carbonyl (C=O) groups is 1. The second-order valence-electron chi connectivity index (χ2n) is 7.36. The summed E-state index contributed by atoms with van der Waals surface area (Å²) in [4.78, 5) is 21.4. The van der Waals surface area contributed by atoms with Gasteiger partial charge in [-0.05, 0) is 17.5 Å². The van der Waals surface area contributed by atoms with E-state index < -0.39 is 0 Å². The van der Waals surface area contributed by atoms with Gasteiger partial charge in [0, 0.05) is 44.1 Å². The maximum absolute atomic E-state index is 12.5. The van der Waals surface area contributed by atoms with Gasteiger partial charge in [-0.2, -0.15) is 4.37 Å². The van der Waals surface area contributed by atoms with E-state index in [0.29, 0.717) is 13.2 Å². The molecule has 0 radical (unpaired) electrons. The molecule has 0 N–H and O–H groups in total. The number of anilines is 1. The van der Waals surface area contributed by atoms with Crippen LogP contribution in [0.25, 0.3) is 0 Å². The van der Waals surface area contributed by atoms with Crippen LogP contribution >= 0.6 is 11.5 Å². The van der Waals surface area contributed by atoms with Crippen LogP contribution in [-0.4, -0.2) is 53.0 Å². The Balaban J connectivity index is 1.26. The number of nitrogens with zero attached hydrogens (tertiary/aromatic N) is 4. The average Bonchev–Trinajstić information content (AvgIpc) is 3.10. The van der Waals surface area contributed by atoms with Crippen molar-refractivity contribution in [3.63, 3.8) is 0 Å². The molecule has 1 saturated heterocycles. The summed E-state index contributed by atoms with van der Waals surface area (Å²) in [6.45, 7) is 3.66. The molecule has 4 rings (SSSR count). The Morgan fingerprint density at radius 1 is 0.933 bits per heavy atom. The molecule has 1 amide bonds. The quantitative estimate of drug-likeness (QED) is 0.584. The number of amides is 1. The smallest absolute Gasteiger partial charge is 0.248 e. The second kappa shape index (κ2) is 10.3. The molecular formula is C23H26N4O2S. The largest absolute Gasteiger partial charge is 0.367 e. The maximum Gasteiger partial charge on any atom is 0.248 e. The van der Waals surface area contributed by atoms with Crippen molar-refractivity contribution >= 4 is 22.6 Å². The summed E-state index contributed by atoms with van der Waals surface area (Å²) in [6.07, 6.45) is 1.66. The normalized spacial score (nSPS) is 14.5. The number of carbonyl (C=O) groups excluding carboxylic acids is 1. The second-order valence-corrected chi connectivity index (χ2v) is 8.09. The van der Waals surface area contributed by atoms with Crippen LogP contribution in [0.3, 0.4) is 0 Å². The summed E-state index contributed by atoms with van der Waals surface area (Å²) in [5.74, 6) is 0.905. The fourth-order valence-corrected chi connectivity index (χ4v) is 4.24. The number of aromatic nitrogens is 2. The number of ether oxygens (including phenoxy) is 1. The molecule has 7 heteroatoms. The van der Waals surface area contributed by atoms with Gasteiger partial charge >= 0.3 is 0 Å². The zero-order chi connectivity index (χ0) is 20.6. The van der Waals surface area contributed by atoms with Gasteiger partial charge in [0.1, 0.15) is 12.4 Å². The van der Waals surface area contributed by atoms with Crippen molar-refractivity contribution in [3.8, 4) is 0 Å². The first-order chi connectivity index (χ1) is 14.8. The molecule has 0 bridgehead atoms. The molecule has 30 heavy (non-hydrogen) atoms. The lowest BCUT2D eigenvalue weighted by Crippen LogP contribution is -2.37. The Labute approximate surface area is 181 Å².